The normalized spacial score (nSPS) is 12.7. The summed E-state index contributed by atoms with van der Waals surface area (Å²) in [5.41, 5.74) is 1.99. The van der Waals surface area contributed by atoms with Gasteiger partial charge in [0.1, 0.15) is 11.3 Å². The molecule has 1 N–H and O–H groups in total. The number of hydrogen-bond donors (Lipinski definition) is 1. The van der Waals surface area contributed by atoms with Crippen molar-refractivity contribution in [3.63, 3.8) is 0 Å². The van der Waals surface area contributed by atoms with E-state index in [0.717, 1.165) is 33.3 Å². The monoisotopic (exact) mass is 330 g/mol. The zero-order valence-corrected chi connectivity index (χ0v) is 12.7. The number of para-hydroxylation sites is 1. The van der Waals surface area contributed by atoms with Gasteiger partial charge in [-0.25, -0.2) is 0 Å². The molecular weight excluding hydrogens is 316 g/mol. The number of hydrogen-bond acceptors (Lipinski definition) is 3. The molecule has 0 saturated heterocycles. The zero-order chi connectivity index (χ0) is 13.9. The quantitative estimate of drug-likeness (QED) is 0.775. The van der Waals surface area contributed by atoms with Gasteiger partial charge in [-0.1, -0.05) is 25.1 Å². The summed E-state index contributed by atoms with van der Waals surface area (Å²) in [6.45, 7) is 2.94. The molecule has 0 saturated carbocycles. The van der Waals surface area contributed by atoms with E-state index in [1.54, 1.807) is 6.20 Å². The molecule has 0 fully saturated rings. The van der Waals surface area contributed by atoms with Gasteiger partial charge in [0.05, 0.1) is 6.04 Å². The Labute approximate surface area is 126 Å². The molecule has 0 amide bonds. The van der Waals surface area contributed by atoms with Crippen LogP contribution in [0.4, 0.5) is 0 Å². The molecule has 1 atom stereocenters. The van der Waals surface area contributed by atoms with Gasteiger partial charge >= 0.3 is 0 Å². The molecule has 0 aliphatic carbocycles. The van der Waals surface area contributed by atoms with Crippen LogP contribution in [0.3, 0.4) is 0 Å². The number of benzene rings is 1. The Kier molecular flexibility index (Phi) is 3.85. The summed E-state index contributed by atoms with van der Waals surface area (Å²) >= 11 is 3.47. The van der Waals surface area contributed by atoms with Gasteiger partial charge in [-0.15, -0.1) is 0 Å². The molecule has 2 aromatic heterocycles. The Morgan fingerprint density at radius 3 is 2.85 bits per heavy atom. The van der Waals surface area contributed by atoms with E-state index in [9.17, 15) is 0 Å². The molecule has 102 valence electrons. The van der Waals surface area contributed by atoms with Crippen LogP contribution in [0.15, 0.2) is 57.7 Å². The van der Waals surface area contributed by atoms with Crippen LogP contribution >= 0.6 is 15.9 Å². The van der Waals surface area contributed by atoms with E-state index in [0.29, 0.717) is 0 Å². The van der Waals surface area contributed by atoms with E-state index in [4.69, 9.17) is 4.42 Å². The third-order valence-electron chi connectivity index (χ3n) is 3.20. The highest BCUT2D eigenvalue weighted by Gasteiger charge is 2.18. The molecule has 3 aromatic rings. The van der Waals surface area contributed by atoms with Crippen molar-refractivity contribution < 1.29 is 4.42 Å². The predicted octanol–water partition coefficient (Wildman–Crippen LogP) is 4.29. The molecule has 0 radical (unpaired) electrons. The molecule has 3 nitrogen and oxygen atoms in total. The molecule has 2 heterocycles. The minimum Gasteiger partial charge on any atom is -0.459 e. The number of fused-ring (bicyclic) bond motifs is 1. The SMILES string of the molecule is CCNC(c1cncc(Br)c1)c1cc2ccccc2o1. The van der Waals surface area contributed by atoms with Gasteiger partial charge in [-0.2, -0.15) is 0 Å². The largest absolute Gasteiger partial charge is 0.459 e. The average molecular weight is 331 g/mol. The number of pyridine rings is 1. The molecule has 1 unspecified atom stereocenters. The van der Waals surface area contributed by atoms with Crippen LogP contribution in [-0.2, 0) is 0 Å². The van der Waals surface area contributed by atoms with Crippen LogP contribution in [0, 0.1) is 0 Å². The number of aromatic nitrogens is 1. The van der Waals surface area contributed by atoms with E-state index < -0.39 is 0 Å². The maximum Gasteiger partial charge on any atom is 0.134 e. The minimum absolute atomic E-state index is 0.0115. The van der Waals surface area contributed by atoms with Crippen LogP contribution in [0.5, 0.6) is 0 Å². The first-order valence-corrected chi connectivity index (χ1v) is 7.39. The molecule has 1 aromatic carbocycles. The van der Waals surface area contributed by atoms with Crippen molar-refractivity contribution in [2.24, 2.45) is 0 Å². The number of nitrogens with one attached hydrogen (secondary N) is 1. The van der Waals surface area contributed by atoms with Crippen molar-refractivity contribution >= 4 is 26.9 Å². The first kappa shape index (κ1) is 13.3. The first-order chi connectivity index (χ1) is 9.78. The van der Waals surface area contributed by atoms with Crippen LogP contribution in [-0.4, -0.2) is 11.5 Å². The van der Waals surface area contributed by atoms with Crippen LogP contribution in [0.25, 0.3) is 11.0 Å². The molecule has 4 heteroatoms. The molecule has 20 heavy (non-hydrogen) atoms. The van der Waals surface area contributed by atoms with Gasteiger partial charge in [0.25, 0.3) is 0 Å². The second-order valence-electron chi connectivity index (χ2n) is 4.61. The van der Waals surface area contributed by atoms with Gasteiger partial charge < -0.3 is 9.73 Å². The molecule has 0 aliphatic heterocycles. The standard InChI is InChI=1S/C16H15BrN2O/c1-2-19-16(12-7-13(17)10-18-9-12)15-8-11-5-3-4-6-14(11)20-15/h3-10,16,19H,2H2,1H3. The summed E-state index contributed by atoms with van der Waals surface area (Å²) in [5, 5.41) is 4.57. The number of furan rings is 1. The lowest BCUT2D eigenvalue weighted by Crippen LogP contribution is -2.21. The average Bonchev–Trinajstić information content (AvgIpc) is 2.88. The first-order valence-electron chi connectivity index (χ1n) is 6.60. The molecule has 0 spiro atoms. The molecule has 0 bridgehead atoms. The lowest BCUT2D eigenvalue weighted by molar-refractivity contribution is 0.476. The van der Waals surface area contributed by atoms with E-state index in [2.05, 4.69) is 51.4 Å². The maximum atomic E-state index is 5.97. The zero-order valence-electron chi connectivity index (χ0n) is 11.1. The molecule has 3 rings (SSSR count). The van der Waals surface area contributed by atoms with Crippen molar-refractivity contribution in [3.05, 3.63) is 64.6 Å². The van der Waals surface area contributed by atoms with E-state index >= 15 is 0 Å². The Hall–Kier alpha value is -1.65. The highest BCUT2D eigenvalue weighted by atomic mass is 79.9. The summed E-state index contributed by atoms with van der Waals surface area (Å²) in [4.78, 5) is 4.24. The summed E-state index contributed by atoms with van der Waals surface area (Å²) in [6.07, 6.45) is 3.65. The lowest BCUT2D eigenvalue weighted by atomic mass is 10.1. The van der Waals surface area contributed by atoms with Crippen LogP contribution in [0.1, 0.15) is 24.3 Å². The number of halogens is 1. The summed E-state index contributed by atoms with van der Waals surface area (Å²) < 4.78 is 6.94. The molecule has 0 aliphatic rings. The Balaban J connectivity index is 2.05. The topological polar surface area (TPSA) is 38.1 Å². The van der Waals surface area contributed by atoms with E-state index in [1.807, 2.05) is 24.4 Å². The Bertz CT molecular complexity index is 690. The van der Waals surface area contributed by atoms with E-state index in [1.165, 1.54) is 0 Å². The summed E-state index contributed by atoms with van der Waals surface area (Å²) in [7, 11) is 0. The van der Waals surface area contributed by atoms with Gasteiger partial charge in [-0.3, -0.25) is 4.98 Å². The number of nitrogens with zero attached hydrogens (tertiary/aromatic N) is 1. The fraction of sp³-hybridized carbons (Fsp3) is 0.188. The van der Waals surface area contributed by atoms with Crippen molar-refractivity contribution in [3.8, 4) is 0 Å². The van der Waals surface area contributed by atoms with Crippen LogP contribution in [0.2, 0.25) is 0 Å². The fourth-order valence-electron chi connectivity index (χ4n) is 2.32. The smallest absolute Gasteiger partial charge is 0.134 e. The van der Waals surface area contributed by atoms with Crippen molar-refractivity contribution in [1.29, 1.82) is 0 Å². The summed E-state index contributed by atoms with van der Waals surface area (Å²) in [5.74, 6) is 0.910. The fourth-order valence-corrected chi connectivity index (χ4v) is 2.70. The van der Waals surface area contributed by atoms with E-state index in [-0.39, 0.29) is 6.04 Å². The Morgan fingerprint density at radius 1 is 1.25 bits per heavy atom. The lowest BCUT2D eigenvalue weighted by Gasteiger charge is -2.15. The summed E-state index contributed by atoms with van der Waals surface area (Å²) in [6, 6.07) is 12.2. The predicted molar refractivity (Wildman–Crippen MR) is 83.7 cm³/mol. The minimum atomic E-state index is 0.0115. The second-order valence-corrected chi connectivity index (χ2v) is 5.53. The van der Waals surface area contributed by atoms with Gasteiger partial charge in [0.15, 0.2) is 0 Å². The van der Waals surface area contributed by atoms with Crippen molar-refractivity contribution in [1.82, 2.24) is 10.3 Å². The highest BCUT2D eigenvalue weighted by molar-refractivity contribution is 9.10. The van der Waals surface area contributed by atoms with Gasteiger partial charge in [-0.05, 0) is 46.2 Å². The Morgan fingerprint density at radius 2 is 2.10 bits per heavy atom. The second kappa shape index (κ2) is 5.77. The number of rotatable bonds is 4. The maximum absolute atomic E-state index is 5.97. The van der Waals surface area contributed by atoms with Gasteiger partial charge in [0, 0.05) is 22.3 Å². The third-order valence-corrected chi connectivity index (χ3v) is 3.63. The van der Waals surface area contributed by atoms with Crippen molar-refractivity contribution in [2.45, 2.75) is 13.0 Å². The van der Waals surface area contributed by atoms with Gasteiger partial charge in [0.2, 0.25) is 0 Å². The highest BCUT2D eigenvalue weighted by Crippen LogP contribution is 2.28. The third kappa shape index (κ3) is 2.62. The van der Waals surface area contributed by atoms with Crippen LogP contribution < -0.4 is 5.32 Å². The molecular formula is C16H15BrN2O. The van der Waals surface area contributed by atoms with Crippen molar-refractivity contribution in [2.75, 3.05) is 6.54 Å².